The molecule has 0 amide bonds. The Hall–Kier alpha value is -2.01. The van der Waals surface area contributed by atoms with Crippen LogP contribution in [0.15, 0.2) is 36.7 Å². The van der Waals surface area contributed by atoms with Crippen molar-refractivity contribution in [2.75, 3.05) is 18.5 Å². The van der Waals surface area contributed by atoms with E-state index in [2.05, 4.69) is 10.3 Å². The van der Waals surface area contributed by atoms with Gasteiger partial charge in [-0.05, 0) is 41.9 Å². The fourth-order valence-corrected chi connectivity index (χ4v) is 2.20. The van der Waals surface area contributed by atoms with Crippen LogP contribution >= 0.6 is 0 Å². The Bertz CT molecular complexity index is 564. The van der Waals surface area contributed by atoms with Crippen LogP contribution in [0.25, 0.3) is 0 Å². The maximum absolute atomic E-state index is 14.2. The minimum absolute atomic E-state index is 0.00735. The Kier molecular flexibility index (Phi) is 5.22. The Labute approximate surface area is 123 Å². The minimum atomic E-state index is -0.542. The van der Waals surface area contributed by atoms with Crippen molar-refractivity contribution in [3.8, 4) is 0 Å². The van der Waals surface area contributed by atoms with Gasteiger partial charge in [-0.2, -0.15) is 0 Å². The first kappa shape index (κ1) is 15.4. The molecule has 0 radical (unpaired) electrons. The van der Waals surface area contributed by atoms with Gasteiger partial charge in [0.25, 0.3) is 0 Å². The average molecular weight is 291 g/mol. The predicted molar refractivity (Wildman–Crippen MR) is 80.1 cm³/mol. The number of nitrogens with one attached hydrogen (secondary N) is 1. The normalized spacial score (nSPS) is 10.7. The van der Waals surface area contributed by atoms with E-state index in [0.29, 0.717) is 18.7 Å². The number of aromatic nitrogens is 1. The molecule has 3 nitrogen and oxygen atoms in total. The van der Waals surface area contributed by atoms with Gasteiger partial charge < -0.3 is 10.2 Å². The highest BCUT2D eigenvalue weighted by Gasteiger charge is 2.15. The molecule has 0 spiro atoms. The van der Waals surface area contributed by atoms with E-state index in [1.54, 1.807) is 24.3 Å². The molecule has 0 atom stereocenters. The van der Waals surface area contributed by atoms with E-state index in [0.717, 1.165) is 12.1 Å². The lowest BCUT2D eigenvalue weighted by Crippen LogP contribution is -2.20. The van der Waals surface area contributed by atoms with Gasteiger partial charge in [0.15, 0.2) is 0 Å². The summed E-state index contributed by atoms with van der Waals surface area (Å²) in [6, 6.07) is 6.41. The van der Waals surface area contributed by atoms with Gasteiger partial charge >= 0.3 is 0 Å². The van der Waals surface area contributed by atoms with Crippen molar-refractivity contribution in [3.05, 3.63) is 59.4 Å². The fourth-order valence-electron chi connectivity index (χ4n) is 2.20. The van der Waals surface area contributed by atoms with Crippen molar-refractivity contribution < 1.29 is 8.78 Å². The van der Waals surface area contributed by atoms with Gasteiger partial charge in [-0.3, -0.25) is 4.98 Å². The summed E-state index contributed by atoms with van der Waals surface area (Å²) < 4.78 is 28.3. The first-order chi connectivity index (χ1) is 10.1. The van der Waals surface area contributed by atoms with Gasteiger partial charge in [-0.15, -0.1) is 0 Å². The maximum Gasteiger partial charge on any atom is 0.149 e. The molecule has 2 rings (SSSR count). The maximum atomic E-state index is 14.2. The summed E-state index contributed by atoms with van der Waals surface area (Å²) in [5.74, 6) is -1.08. The van der Waals surface area contributed by atoms with Gasteiger partial charge in [0.2, 0.25) is 0 Å². The summed E-state index contributed by atoms with van der Waals surface area (Å²) in [6.07, 6.45) is 3.32. The smallest absolute Gasteiger partial charge is 0.149 e. The predicted octanol–water partition coefficient (Wildman–Crippen LogP) is 3.11. The topological polar surface area (TPSA) is 28.2 Å². The zero-order chi connectivity index (χ0) is 15.2. The van der Waals surface area contributed by atoms with Crippen molar-refractivity contribution in [2.45, 2.75) is 20.0 Å². The molecule has 1 aromatic heterocycles. The Morgan fingerprint density at radius 2 is 1.71 bits per heavy atom. The summed E-state index contributed by atoms with van der Waals surface area (Å²) in [7, 11) is 1.67. The van der Waals surface area contributed by atoms with Crippen molar-refractivity contribution in [3.63, 3.8) is 0 Å². The van der Waals surface area contributed by atoms with E-state index in [1.165, 1.54) is 12.1 Å². The van der Waals surface area contributed by atoms with E-state index in [4.69, 9.17) is 0 Å². The van der Waals surface area contributed by atoms with Gasteiger partial charge in [-0.25, -0.2) is 8.78 Å². The van der Waals surface area contributed by atoms with Gasteiger partial charge in [-0.1, -0.05) is 6.92 Å². The lowest BCUT2D eigenvalue weighted by Gasteiger charge is -2.21. The average Bonchev–Trinajstić information content (AvgIpc) is 2.45. The number of pyridine rings is 1. The third-order valence-electron chi connectivity index (χ3n) is 3.21. The van der Waals surface area contributed by atoms with Gasteiger partial charge in [0.05, 0.1) is 0 Å². The quantitative estimate of drug-likeness (QED) is 0.886. The molecule has 21 heavy (non-hydrogen) atoms. The lowest BCUT2D eigenvalue weighted by atomic mass is 10.1. The third kappa shape index (κ3) is 3.98. The molecule has 0 bridgehead atoms. The Balaban J connectivity index is 2.19. The number of anilines is 1. The molecule has 1 N–H and O–H groups in total. The van der Waals surface area contributed by atoms with Crippen LogP contribution in [0.2, 0.25) is 0 Å². The second-order valence-corrected chi connectivity index (χ2v) is 4.90. The highest BCUT2D eigenvalue weighted by Crippen LogP contribution is 2.25. The number of rotatable bonds is 6. The van der Waals surface area contributed by atoms with Crippen LogP contribution in [-0.4, -0.2) is 18.6 Å². The van der Waals surface area contributed by atoms with Gasteiger partial charge in [0, 0.05) is 32.5 Å². The first-order valence-corrected chi connectivity index (χ1v) is 6.90. The first-order valence-electron chi connectivity index (χ1n) is 6.90. The zero-order valence-corrected chi connectivity index (χ0v) is 12.2. The molecule has 1 aromatic carbocycles. The number of hydrogen-bond donors (Lipinski definition) is 1. The molecule has 0 aliphatic rings. The molecule has 2 aromatic rings. The summed E-state index contributed by atoms with van der Waals surface area (Å²) in [5, 5.41) is 3.05. The summed E-state index contributed by atoms with van der Waals surface area (Å²) in [6.45, 7) is 3.58. The molecule has 0 saturated heterocycles. The molecule has 0 unspecified atom stereocenters. The molecule has 1 heterocycles. The van der Waals surface area contributed by atoms with Crippen LogP contribution in [0.4, 0.5) is 14.5 Å². The molecule has 0 fully saturated rings. The largest absolute Gasteiger partial charge is 0.366 e. The summed E-state index contributed by atoms with van der Waals surface area (Å²) in [4.78, 5) is 5.49. The van der Waals surface area contributed by atoms with Crippen LogP contribution in [0.3, 0.4) is 0 Å². The van der Waals surface area contributed by atoms with E-state index in [-0.39, 0.29) is 5.69 Å². The van der Waals surface area contributed by atoms with Crippen LogP contribution in [0.5, 0.6) is 0 Å². The fraction of sp³-hybridized carbons (Fsp3) is 0.312. The van der Waals surface area contributed by atoms with Gasteiger partial charge in [0.1, 0.15) is 17.3 Å². The Morgan fingerprint density at radius 1 is 1.10 bits per heavy atom. The number of benzene rings is 1. The summed E-state index contributed by atoms with van der Waals surface area (Å²) >= 11 is 0. The SMILES string of the molecule is CCNCc1cc(F)c(N(C)Cc2ccncc2)c(F)c1. The standard InChI is InChI=1S/C16H19F2N3/c1-3-19-10-13-8-14(17)16(15(18)9-13)21(2)11-12-4-6-20-7-5-12/h4-9,19H,3,10-11H2,1-2H3. The lowest BCUT2D eigenvalue weighted by molar-refractivity contribution is 0.570. The van der Waals surface area contributed by atoms with Crippen LogP contribution in [-0.2, 0) is 13.1 Å². The van der Waals surface area contributed by atoms with E-state index >= 15 is 0 Å². The number of hydrogen-bond acceptors (Lipinski definition) is 3. The van der Waals surface area contributed by atoms with Crippen molar-refractivity contribution >= 4 is 5.69 Å². The minimum Gasteiger partial charge on any atom is -0.366 e. The molecule has 0 aliphatic carbocycles. The molecule has 5 heteroatoms. The second kappa shape index (κ2) is 7.13. The van der Waals surface area contributed by atoms with Crippen LogP contribution in [0, 0.1) is 11.6 Å². The molecule has 0 aliphatic heterocycles. The van der Waals surface area contributed by atoms with Crippen LogP contribution < -0.4 is 10.2 Å². The second-order valence-electron chi connectivity index (χ2n) is 4.90. The molecule has 0 saturated carbocycles. The molecular formula is C16H19F2N3. The van der Waals surface area contributed by atoms with E-state index in [9.17, 15) is 8.78 Å². The third-order valence-corrected chi connectivity index (χ3v) is 3.21. The van der Waals surface area contributed by atoms with E-state index < -0.39 is 11.6 Å². The number of halogens is 2. The van der Waals surface area contributed by atoms with Crippen molar-refractivity contribution in [1.29, 1.82) is 0 Å². The monoisotopic (exact) mass is 291 g/mol. The zero-order valence-electron chi connectivity index (χ0n) is 12.2. The number of nitrogens with zero attached hydrogens (tertiary/aromatic N) is 2. The van der Waals surface area contributed by atoms with E-state index in [1.807, 2.05) is 19.1 Å². The molecule has 112 valence electrons. The van der Waals surface area contributed by atoms with Crippen molar-refractivity contribution in [1.82, 2.24) is 10.3 Å². The van der Waals surface area contributed by atoms with Crippen LogP contribution in [0.1, 0.15) is 18.1 Å². The molecular weight excluding hydrogens is 272 g/mol. The Morgan fingerprint density at radius 3 is 2.29 bits per heavy atom. The summed E-state index contributed by atoms with van der Waals surface area (Å²) in [5.41, 5.74) is 1.54. The highest BCUT2D eigenvalue weighted by atomic mass is 19.1. The highest BCUT2D eigenvalue weighted by molar-refractivity contribution is 5.50. The van der Waals surface area contributed by atoms with Crippen molar-refractivity contribution in [2.24, 2.45) is 0 Å².